The summed E-state index contributed by atoms with van der Waals surface area (Å²) in [4.78, 5) is 13.0. The molecular weight excluding hydrogens is 366 g/mol. The summed E-state index contributed by atoms with van der Waals surface area (Å²) in [6.45, 7) is 10.1. The van der Waals surface area contributed by atoms with Gasteiger partial charge in [-0.2, -0.15) is 0 Å². The van der Waals surface area contributed by atoms with Crippen molar-refractivity contribution in [3.05, 3.63) is 51.5 Å². The first-order chi connectivity index (χ1) is 13.7. The van der Waals surface area contributed by atoms with Crippen molar-refractivity contribution in [2.75, 3.05) is 26.2 Å². The van der Waals surface area contributed by atoms with Crippen LogP contribution in [0.5, 0.6) is 0 Å². The van der Waals surface area contributed by atoms with Gasteiger partial charge in [0.25, 0.3) is 0 Å². The Bertz CT molecular complexity index is 732. The van der Waals surface area contributed by atoms with Crippen LogP contribution in [0.3, 0.4) is 0 Å². The molecule has 1 aliphatic heterocycles. The fourth-order valence-electron chi connectivity index (χ4n) is 3.44. The molecule has 152 valence electrons. The van der Waals surface area contributed by atoms with E-state index in [0.717, 1.165) is 32.0 Å². The maximum Gasteiger partial charge on any atom is 0.191 e. The van der Waals surface area contributed by atoms with Crippen LogP contribution >= 0.6 is 11.3 Å². The maximum absolute atomic E-state index is 4.73. The second-order valence-corrected chi connectivity index (χ2v) is 8.71. The predicted octanol–water partition coefficient (Wildman–Crippen LogP) is 3.74. The molecule has 2 aromatic rings. The number of hydrogen-bond acceptors (Lipinski definition) is 4. The topological polar surface area (TPSA) is 52.6 Å². The van der Waals surface area contributed by atoms with Crippen LogP contribution in [0.2, 0.25) is 0 Å². The zero-order valence-corrected chi connectivity index (χ0v) is 18.0. The molecular formula is C22H33N5S. The van der Waals surface area contributed by atoms with Gasteiger partial charge in [-0.05, 0) is 50.9 Å². The number of aryl methyl sites for hydroxylation is 1. The van der Waals surface area contributed by atoms with E-state index in [9.17, 15) is 0 Å². The molecule has 1 aliphatic rings. The normalized spacial score (nSPS) is 15.6. The molecule has 2 N–H and O–H groups in total. The van der Waals surface area contributed by atoms with Crippen molar-refractivity contribution in [1.29, 1.82) is 0 Å². The van der Waals surface area contributed by atoms with E-state index in [2.05, 4.69) is 58.6 Å². The highest BCUT2D eigenvalue weighted by atomic mass is 32.1. The van der Waals surface area contributed by atoms with Crippen molar-refractivity contribution >= 4 is 17.3 Å². The third-order valence-electron chi connectivity index (χ3n) is 4.94. The van der Waals surface area contributed by atoms with Crippen molar-refractivity contribution in [1.82, 2.24) is 20.5 Å². The zero-order valence-electron chi connectivity index (χ0n) is 17.2. The molecule has 6 heteroatoms. The summed E-state index contributed by atoms with van der Waals surface area (Å²) in [5.41, 5.74) is 2.65. The molecule has 28 heavy (non-hydrogen) atoms. The van der Waals surface area contributed by atoms with Crippen molar-refractivity contribution < 1.29 is 0 Å². The summed E-state index contributed by atoms with van der Waals surface area (Å²) in [6.07, 6.45) is 6.94. The van der Waals surface area contributed by atoms with Crippen molar-refractivity contribution in [3.8, 4) is 0 Å². The lowest BCUT2D eigenvalue weighted by Crippen LogP contribution is -2.38. The molecule has 3 rings (SSSR count). The summed E-state index contributed by atoms with van der Waals surface area (Å²) in [5, 5.41) is 7.91. The standard InChI is InChI=1S/C22H33N5S/c1-3-23-22(24-12-11-21-25-15-18(2)28-21)26-16-19-7-9-20(10-8-19)17-27-13-5-4-6-14-27/h7-10,15H,3-6,11-14,16-17H2,1-2H3,(H2,23,24,26). The SMILES string of the molecule is CCNC(=NCc1ccc(CN2CCCCC2)cc1)NCCc1ncc(C)s1. The van der Waals surface area contributed by atoms with Gasteiger partial charge in [0, 0.05) is 37.1 Å². The lowest BCUT2D eigenvalue weighted by molar-refractivity contribution is 0.221. The Labute approximate surface area is 173 Å². The fourth-order valence-corrected chi connectivity index (χ4v) is 4.23. The number of piperidine rings is 1. The molecule has 1 saturated heterocycles. The summed E-state index contributed by atoms with van der Waals surface area (Å²) in [5.74, 6) is 0.869. The Morgan fingerprint density at radius 2 is 1.86 bits per heavy atom. The number of hydrogen-bond donors (Lipinski definition) is 2. The van der Waals surface area contributed by atoms with Gasteiger partial charge in [-0.1, -0.05) is 30.7 Å². The fraction of sp³-hybridized carbons (Fsp3) is 0.545. The number of rotatable bonds is 8. The number of aromatic nitrogens is 1. The van der Waals surface area contributed by atoms with Crippen LogP contribution in [-0.4, -0.2) is 42.0 Å². The lowest BCUT2D eigenvalue weighted by Gasteiger charge is -2.26. The first-order valence-electron chi connectivity index (χ1n) is 10.5. The minimum atomic E-state index is 0.690. The maximum atomic E-state index is 4.73. The molecule has 2 heterocycles. The third kappa shape index (κ3) is 6.91. The number of nitrogens with zero attached hydrogens (tertiary/aromatic N) is 3. The Hall–Kier alpha value is -1.92. The molecule has 0 radical (unpaired) electrons. The number of aliphatic imine (C=N–C) groups is 1. The highest BCUT2D eigenvalue weighted by Crippen LogP contribution is 2.14. The molecule has 0 atom stereocenters. The van der Waals surface area contributed by atoms with Crippen LogP contribution in [0.1, 0.15) is 47.2 Å². The minimum Gasteiger partial charge on any atom is -0.357 e. The van der Waals surface area contributed by atoms with Gasteiger partial charge in [0.2, 0.25) is 0 Å². The molecule has 1 aromatic heterocycles. The average molecular weight is 400 g/mol. The zero-order chi connectivity index (χ0) is 19.6. The summed E-state index contributed by atoms with van der Waals surface area (Å²) >= 11 is 1.76. The highest BCUT2D eigenvalue weighted by Gasteiger charge is 2.10. The summed E-state index contributed by atoms with van der Waals surface area (Å²) in [6, 6.07) is 8.94. The Kier molecular flexibility index (Phi) is 8.30. The van der Waals surface area contributed by atoms with Gasteiger partial charge in [0.1, 0.15) is 0 Å². The van der Waals surface area contributed by atoms with Gasteiger partial charge in [-0.25, -0.2) is 9.98 Å². The number of likely N-dealkylation sites (tertiary alicyclic amines) is 1. The molecule has 0 amide bonds. The quantitative estimate of drug-likeness (QED) is 0.524. The van der Waals surface area contributed by atoms with Crippen LogP contribution in [0.25, 0.3) is 0 Å². The molecule has 5 nitrogen and oxygen atoms in total. The van der Waals surface area contributed by atoms with E-state index < -0.39 is 0 Å². The number of nitrogens with one attached hydrogen (secondary N) is 2. The molecule has 1 aromatic carbocycles. The number of benzene rings is 1. The minimum absolute atomic E-state index is 0.690. The van der Waals surface area contributed by atoms with Crippen LogP contribution in [0, 0.1) is 6.92 Å². The first kappa shape index (κ1) is 20.8. The van der Waals surface area contributed by atoms with E-state index >= 15 is 0 Å². The Morgan fingerprint density at radius 3 is 2.54 bits per heavy atom. The number of guanidine groups is 1. The second-order valence-electron chi connectivity index (χ2n) is 7.39. The van der Waals surface area contributed by atoms with E-state index in [0.29, 0.717) is 6.54 Å². The van der Waals surface area contributed by atoms with Crippen molar-refractivity contribution in [2.24, 2.45) is 4.99 Å². The van der Waals surface area contributed by atoms with E-state index in [-0.39, 0.29) is 0 Å². The smallest absolute Gasteiger partial charge is 0.191 e. The largest absolute Gasteiger partial charge is 0.357 e. The number of thiazole rings is 1. The van der Waals surface area contributed by atoms with Gasteiger partial charge < -0.3 is 10.6 Å². The van der Waals surface area contributed by atoms with Gasteiger partial charge in [0.15, 0.2) is 5.96 Å². The van der Waals surface area contributed by atoms with Crippen LogP contribution in [0.15, 0.2) is 35.5 Å². The van der Waals surface area contributed by atoms with Crippen molar-refractivity contribution in [3.63, 3.8) is 0 Å². The lowest BCUT2D eigenvalue weighted by atomic mass is 10.1. The summed E-state index contributed by atoms with van der Waals surface area (Å²) in [7, 11) is 0. The molecule has 0 unspecified atom stereocenters. The van der Waals surface area contributed by atoms with Crippen LogP contribution in [0.4, 0.5) is 0 Å². The first-order valence-corrected chi connectivity index (χ1v) is 11.3. The summed E-state index contributed by atoms with van der Waals surface area (Å²) < 4.78 is 0. The van der Waals surface area contributed by atoms with E-state index in [1.807, 2.05) is 6.20 Å². The monoisotopic (exact) mass is 399 g/mol. The van der Waals surface area contributed by atoms with E-state index in [1.54, 1.807) is 11.3 Å². The van der Waals surface area contributed by atoms with Crippen LogP contribution < -0.4 is 10.6 Å². The predicted molar refractivity (Wildman–Crippen MR) is 119 cm³/mol. The second kappa shape index (κ2) is 11.2. The Morgan fingerprint density at radius 1 is 1.11 bits per heavy atom. The Balaban J connectivity index is 1.47. The van der Waals surface area contributed by atoms with Gasteiger partial charge in [-0.3, -0.25) is 4.90 Å². The highest BCUT2D eigenvalue weighted by molar-refractivity contribution is 7.11. The molecule has 0 aliphatic carbocycles. The molecule has 0 spiro atoms. The van der Waals surface area contributed by atoms with Gasteiger partial charge in [-0.15, -0.1) is 11.3 Å². The van der Waals surface area contributed by atoms with Gasteiger partial charge in [0.05, 0.1) is 11.6 Å². The van der Waals surface area contributed by atoms with Crippen molar-refractivity contribution in [2.45, 2.75) is 52.6 Å². The van der Waals surface area contributed by atoms with Crippen LogP contribution in [-0.2, 0) is 19.5 Å². The van der Waals surface area contributed by atoms with E-state index in [4.69, 9.17) is 4.99 Å². The molecule has 0 saturated carbocycles. The average Bonchev–Trinajstić information content (AvgIpc) is 3.13. The third-order valence-corrected chi connectivity index (χ3v) is 5.91. The van der Waals surface area contributed by atoms with E-state index in [1.165, 1.54) is 53.4 Å². The molecule has 0 bridgehead atoms. The molecule has 1 fully saturated rings. The van der Waals surface area contributed by atoms with Gasteiger partial charge >= 0.3 is 0 Å².